The predicted molar refractivity (Wildman–Crippen MR) is 106 cm³/mol. The molecule has 0 heterocycles. The highest BCUT2D eigenvalue weighted by Gasteiger charge is 2.21. The van der Waals surface area contributed by atoms with Crippen LogP contribution in [0.15, 0.2) is 42.5 Å². The third-order valence-corrected chi connectivity index (χ3v) is 4.42. The second-order valence-corrected chi connectivity index (χ2v) is 6.66. The first-order chi connectivity index (χ1) is 12.9. The standard InChI is InChI=1S/C19H20Cl2N2O4/c1-27-14-5-2-12(3-6-14)8-9-22-17(19(25)26)11-18(24)23-16-10-13(20)4-7-15(16)21/h2-7,10,17,22H,8-9,11H2,1H3,(H,23,24)(H,25,26). The lowest BCUT2D eigenvalue weighted by Gasteiger charge is -2.15. The quantitative estimate of drug-likeness (QED) is 0.587. The van der Waals surface area contributed by atoms with Gasteiger partial charge in [0.05, 0.1) is 24.2 Å². The summed E-state index contributed by atoms with van der Waals surface area (Å²) >= 11 is 11.9. The molecule has 0 aliphatic heterocycles. The second-order valence-electron chi connectivity index (χ2n) is 5.82. The zero-order valence-electron chi connectivity index (χ0n) is 14.7. The van der Waals surface area contributed by atoms with Crippen LogP contribution in [0.3, 0.4) is 0 Å². The minimum absolute atomic E-state index is 0.235. The number of ether oxygens (including phenoxy) is 1. The molecule has 0 aliphatic rings. The first-order valence-corrected chi connectivity index (χ1v) is 8.98. The molecule has 27 heavy (non-hydrogen) atoms. The lowest BCUT2D eigenvalue weighted by atomic mass is 10.1. The fraction of sp³-hybridized carbons (Fsp3) is 0.263. The van der Waals surface area contributed by atoms with Crippen molar-refractivity contribution in [2.75, 3.05) is 19.0 Å². The summed E-state index contributed by atoms with van der Waals surface area (Å²) in [5.41, 5.74) is 1.37. The number of carbonyl (C=O) groups excluding carboxylic acids is 1. The normalized spacial score (nSPS) is 11.7. The first-order valence-electron chi connectivity index (χ1n) is 8.23. The van der Waals surface area contributed by atoms with Gasteiger partial charge in [0.25, 0.3) is 0 Å². The van der Waals surface area contributed by atoms with Crippen LogP contribution in [0, 0.1) is 0 Å². The molecule has 144 valence electrons. The van der Waals surface area contributed by atoms with Crippen molar-refractivity contribution in [2.24, 2.45) is 0 Å². The van der Waals surface area contributed by atoms with Gasteiger partial charge in [0.1, 0.15) is 11.8 Å². The average molecular weight is 411 g/mol. The van der Waals surface area contributed by atoms with Gasteiger partial charge in [-0.3, -0.25) is 9.59 Å². The molecule has 0 bridgehead atoms. The average Bonchev–Trinajstić information content (AvgIpc) is 2.64. The van der Waals surface area contributed by atoms with Crippen molar-refractivity contribution in [3.8, 4) is 5.75 Å². The van der Waals surface area contributed by atoms with Gasteiger partial charge in [-0.2, -0.15) is 0 Å². The summed E-state index contributed by atoms with van der Waals surface area (Å²) in [5, 5.41) is 15.6. The van der Waals surface area contributed by atoms with Crippen LogP contribution in [0.4, 0.5) is 5.69 Å². The minimum Gasteiger partial charge on any atom is -0.497 e. The molecule has 3 N–H and O–H groups in total. The molecule has 0 saturated heterocycles. The third-order valence-electron chi connectivity index (χ3n) is 3.85. The summed E-state index contributed by atoms with van der Waals surface area (Å²) in [6.45, 7) is 0.411. The Morgan fingerprint density at radius 2 is 1.85 bits per heavy atom. The summed E-state index contributed by atoms with van der Waals surface area (Å²) in [5.74, 6) is -0.813. The van der Waals surface area contributed by atoms with Gasteiger partial charge in [0.2, 0.25) is 5.91 Å². The number of hydrogen-bond donors (Lipinski definition) is 3. The van der Waals surface area contributed by atoms with Crippen LogP contribution in [-0.4, -0.2) is 36.7 Å². The van der Waals surface area contributed by atoms with E-state index in [2.05, 4.69) is 10.6 Å². The Morgan fingerprint density at radius 1 is 1.15 bits per heavy atom. The van der Waals surface area contributed by atoms with E-state index in [9.17, 15) is 14.7 Å². The summed E-state index contributed by atoms with van der Waals surface area (Å²) in [7, 11) is 1.59. The molecular weight excluding hydrogens is 391 g/mol. The molecule has 0 aromatic heterocycles. The number of carboxylic acids is 1. The van der Waals surface area contributed by atoms with E-state index in [4.69, 9.17) is 27.9 Å². The third kappa shape index (κ3) is 6.75. The van der Waals surface area contributed by atoms with Crippen molar-refractivity contribution in [2.45, 2.75) is 18.9 Å². The van der Waals surface area contributed by atoms with Gasteiger partial charge >= 0.3 is 5.97 Å². The number of halogens is 2. The van der Waals surface area contributed by atoms with Gasteiger partial charge in [0.15, 0.2) is 0 Å². The first kappa shape index (κ1) is 21.0. The molecule has 0 aliphatic carbocycles. The molecule has 0 fully saturated rings. The maximum atomic E-state index is 12.2. The molecule has 1 amide bonds. The van der Waals surface area contributed by atoms with Crippen molar-refractivity contribution < 1.29 is 19.4 Å². The molecule has 0 radical (unpaired) electrons. The highest BCUT2D eigenvalue weighted by molar-refractivity contribution is 6.35. The SMILES string of the molecule is COc1ccc(CCNC(CC(=O)Nc2cc(Cl)ccc2Cl)C(=O)O)cc1. The monoisotopic (exact) mass is 410 g/mol. The Morgan fingerprint density at radius 3 is 2.48 bits per heavy atom. The fourth-order valence-corrected chi connectivity index (χ4v) is 2.75. The molecule has 1 unspecified atom stereocenters. The molecule has 2 aromatic rings. The van der Waals surface area contributed by atoms with Gasteiger partial charge in [-0.25, -0.2) is 0 Å². The Labute approximate surface area is 167 Å². The lowest BCUT2D eigenvalue weighted by molar-refractivity contribution is -0.141. The predicted octanol–water partition coefficient (Wildman–Crippen LogP) is 3.62. The van der Waals surface area contributed by atoms with Crippen LogP contribution in [0.2, 0.25) is 10.0 Å². The van der Waals surface area contributed by atoms with Gasteiger partial charge in [-0.1, -0.05) is 35.3 Å². The Hall–Kier alpha value is -2.28. The second kappa shape index (κ2) is 10.2. The molecule has 8 heteroatoms. The van der Waals surface area contributed by atoms with E-state index in [-0.39, 0.29) is 6.42 Å². The highest BCUT2D eigenvalue weighted by Crippen LogP contribution is 2.25. The molecule has 2 rings (SSSR count). The van der Waals surface area contributed by atoms with Gasteiger partial charge < -0.3 is 20.5 Å². The van der Waals surface area contributed by atoms with E-state index in [1.165, 1.54) is 6.07 Å². The summed E-state index contributed by atoms with van der Waals surface area (Å²) < 4.78 is 5.10. The highest BCUT2D eigenvalue weighted by atomic mass is 35.5. The van der Waals surface area contributed by atoms with Gasteiger partial charge in [-0.05, 0) is 48.9 Å². The number of anilines is 1. The van der Waals surface area contributed by atoms with Crippen LogP contribution in [-0.2, 0) is 16.0 Å². The molecule has 2 aromatic carbocycles. The minimum atomic E-state index is -1.10. The largest absolute Gasteiger partial charge is 0.497 e. The van der Waals surface area contributed by atoms with Gasteiger partial charge in [-0.15, -0.1) is 0 Å². The molecule has 0 spiro atoms. The number of hydrogen-bond acceptors (Lipinski definition) is 4. The van der Waals surface area contributed by atoms with Crippen LogP contribution >= 0.6 is 23.2 Å². The molecule has 1 atom stereocenters. The summed E-state index contributed by atoms with van der Waals surface area (Å²) in [6.07, 6.45) is 0.385. The molecule has 6 nitrogen and oxygen atoms in total. The fourth-order valence-electron chi connectivity index (χ4n) is 2.41. The summed E-state index contributed by atoms with van der Waals surface area (Å²) in [4.78, 5) is 23.6. The maximum absolute atomic E-state index is 12.2. The number of carboxylic acid groups (broad SMARTS) is 1. The van der Waals surface area contributed by atoms with E-state index in [0.29, 0.717) is 28.7 Å². The molecular formula is C19H20Cl2N2O4. The number of carbonyl (C=O) groups is 2. The van der Waals surface area contributed by atoms with Crippen LogP contribution < -0.4 is 15.4 Å². The van der Waals surface area contributed by atoms with Crippen molar-refractivity contribution in [1.82, 2.24) is 5.32 Å². The molecule has 0 saturated carbocycles. The van der Waals surface area contributed by atoms with Crippen LogP contribution in [0.1, 0.15) is 12.0 Å². The Bertz CT molecular complexity index is 797. The van der Waals surface area contributed by atoms with Crippen molar-refractivity contribution in [1.29, 1.82) is 0 Å². The van der Waals surface area contributed by atoms with Crippen molar-refractivity contribution in [3.63, 3.8) is 0 Å². The van der Waals surface area contributed by atoms with E-state index in [1.807, 2.05) is 24.3 Å². The Kier molecular flexibility index (Phi) is 7.91. The number of methoxy groups -OCH3 is 1. The van der Waals surface area contributed by atoms with E-state index in [1.54, 1.807) is 19.2 Å². The maximum Gasteiger partial charge on any atom is 0.321 e. The summed E-state index contributed by atoms with van der Waals surface area (Å²) in [6, 6.07) is 11.1. The van der Waals surface area contributed by atoms with Gasteiger partial charge in [0, 0.05) is 5.02 Å². The Balaban J connectivity index is 1.87. The number of nitrogens with one attached hydrogen (secondary N) is 2. The van der Waals surface area contributed by atoms with E-state index < -0.39 is 17.9 Å². The number of benzene rings is 2. The number of aliphatic carboxylic acids is 1. The van der Waals surface area contributed by atoms with Crippen molar-refractivity contribution >= 4 is 40.8 Å². The van der Waals surface area contributed by atoms with Crippen LogP contribution in [0.5, 0.6) is 5.75 Å². The number of rotatable bonds is 9. The smallest absolute Gasteiger partial charge is 0.321 e. The number of amides is 1. The van der Waals surface area contributed by atoms with E-state index in [0.717, 1.165) is 11.3 Å². The lowest BCUT2D eigenvalue weighted by Crippen LogP contribution is -2.40. The zero-order valence-corrected chi connectivity index (χ0v) is 16.2. The van der Waals surface area contributed by atoms with Crippen molar-refractivity contribution in [3.05, 3.63) is 58.1 Å². The zero-order chi connectivity index (χ0) is 19.8. The topological polar surface area (TPSA) is 87.7 Å². The van der Waals surface area contributed by atoms with Crippen LogP contribution in [0.25, 0.3) is 0 Å². The van der Waals surface area contributed by atoms with E-state index >= 15 is 0 Å².